The van der Waals surface area contributed by atoms with E-state index >= 15 is 0 Å². The molecule has 0 aliphatic rings. The molecule has 3 nitrogen and oxygen atoms in total. The molecule has 0 saturated carbocycles. The van der Waals surface area contributed by atoms with Crippen LogP contribution in [0, 0.1) is 0 Å². The second-order valence-electron chi connectivity index (χ2n) is 1.12. The lowest BCUT2D eigenvalue weighted by Gasteiger charge is -1.98. The predicted octanol–water partition coefficient (Wildman–Crippen LogP) is 1.60. The van der Waals surface area contributed by atoms with E-state index in [1.807, 2.05) is 0 Å². The van der Waals surface area contributed by atoms with Crippen LogP contribution in [-0.4, -0.2) is 19.4 Å². The van der Waals surface area contributed by atoms with Gasteiger partial charge in [-0.25, -0.2) is 4.79 Å². The minimum Gasteiger partial charge on any atom is -0.435 e. The van der Waals surface area contributed by atoms with Gasteiger partial charge < -0.3 is 9.47 Å². The van der Waals surface area contributed by atoms with Crippen LogP contribution >= 0.6 is 12.4 Å². The highest BCUT2D eigenvalue weighted by atomic mass is 35.5. The monoisotopic (exact) mass is 154 g/mol. The Labute approximate surface area is 60.7 Å². The van der Waals surface area contributed by atoms with E-state index in [0.29, 0.717) is 13.2 Å². The molecule has 4 heteroatoms. The average Bonchev–Trinajstić information content (AvgIpc) is 1.68. The van der Waals surface area contributed by atoms with Crippen molar-refractivity contribution in [3.8, 4) is 0 Å². The summed E-state index contributed by atoms with van der Waals surface area (Å²) in [5.74, 6) is 0. The maximum absolute atomic E-state index is 10.2. The molecule has 0 aliphatic heterocycles. The zero-order valence-electron chi connectivity index (χ0n) is 5.55. The number of ether oxygens (including phenoxy) is 2. The third-order valence-corrected chi connectivity index (χ3v) is 0.524. The van der Waals surface area contributed by atoms with Crippen LogP contribution in [0.1, 0.15) is 13.8 Å². The Morgan fingerprint density at radius 1 is 1.22 bits per heavy atom. The van der Waals surface area contributed by atoms with Crippen molar-refractivity contribution in [1.29, 1.82) is 0 Å². The Hall–Kier alpha value is -0.440. The van der Waals surface area contributed by atoms with E-state index in [1.165, 1.54) is 0 Å². The summed E-state index contributed by atoms with van der Waals surface area (Å²) in [6.45, 7) is 4.21. The van der Waals surface area contributed by atoms with Crippen LogP contribution in [-0.2, 0) is 9.47 Å². The number of halogens is 1. The summed E-state index contributed by atoms with van der Waals surface area (Å²) in [7, 11) is 0. The van der Waals surface area contributed by atoms with E-state index in [4.69, 9.17) is 0 Å². The van der Waals surface area contributed by atoms with Gasteiger partial charge in [0.25, 0.3) is 0 Å². The zero-order chi connectivity index (χ0) is 6.41. The topological polar surface area (TPSA) is 35.5 Å². The summed E-state index contributed by atoms with van der Waals surface area (Å²) in [6.07, 6.45) is -0.588. The van der Waals surface area contributed by atoms with Crippen LogP contribution in [0.5, 0.6) is 0 Å². The number of carbonyl (C=O) groups is 1. The molecule has 0 aromatic carbocycles. The molecular weight excluding hydrogens is 144 g/mol. The Bertz CT molecular complexity index is 66.6. The van der Waals surface area contributed by atoms with Gasteiger partial charge in [0.15, 0.2) is 0 Å². The molecule has 0 aromatic rings. The molecule has 0 heterocycles. The van der Waals surface area contributed by atoms with Gasteiger partial charge in [-0.2, -0.15) is 0 Å². The van der Waals surface area contributed by atoms with Gasteiger partial charge in [0.05, 0.1) is 13.2 Å². The molecule has 56 valence electrons. The van der Waals surface area contributed by atoms with Crippen LogP contribution in [0.2, 0.25) is 0 Å². The highest BCUT2D eigenvalue weighted by Gasteiger charge is 1.96. The fourth-order valence-electron chi connectivity index (χ4n) is 0.277. The van der Waals surface area contributed by atoms with Gasteiger partial charge in [0.1, 0.15) is 0 Å². The first kappa shape index (κ1) is 11.4. The molecule has 0 aromatic heterocycles. The van der Waals surface area contributed by atoms with E-state index in [2.05, 4.69) is 9.47 Å². The first-order valence-corrected chi connectivity index (χ1v) is 2.60. The Morgan fingerprint density at radius 3 is 1.78 bits per heavy atom. The second-order valence-corrected chi connectivity index (χ2v) is 1.12. The van der Waals surface area contributed by atoms with Gasteiger partial charge in [-0.3, -0.25) is 0 Å². The van der Waals surface area contributed by atoms with Gasteiger partial charge >= 0.3 is 6.16 Å². The van der Waals surface area contributed by atoms with Crippen molar-refractivity contribution < 1.29 is 14.3 Å². The average molecular weight is 155 g/mol. The molecule has 0 fully saturated rings. The van der Waals surface area contributed by atoms with Crippen LogP contribution < -0.4 is 0 Å². The summed E-state index contributed by atoms with van der Waals surface area (Å²) < 4.78 is 8.84. The highest BCUT2D eigenvalue weighted by molar-refractivity contribution is 5.85. The van der Waals surface area contributed by atoms with E-state index < -0.39 is 6.16 Å². The van der Waals surface area contributed by atoms with Crippen LogP contribution in [0.25, 0.3) is 0 Å². The largest absolute Gasteiger partial charge is 0.508 e. The molecule has 9 heavy (non-hydrogen) atoms. The fourth-order valence-corrected chi connectivity index (χ4v) is 0.277. The Morgan fingerprint density at radius 2 is 1.56 bits per heavy atom. The summed E-state index contributed by atoms with van der Waals surface area (Å²) in [4.78, 5) is 10.2. The normalized spacial score (nSPS) is 7.33. The lowest BCUT2D eigenvalue weighted by molar-refractivity contribution is 0.0630. The Kier molecular flexibility index (Phi) is 9.55. The van der Waals surface area contributed by atoms with Crippen molar-refractivity contribution in [2.45, 2.75) is 13.8 Å². The van der Waals surface area contributed by atoms with Crippen LogP contribution in [0.3, 0.4) is 0 Å². The maximum Gasteiger partial charge on any atom is 0.508 e. The quantitative estimate of drug-likeness (QED) is 0.567. The molecular formula is C5H11ClO3. The molecule has 0 aliphatic carbocycles. The summed E-state index contributed by atoms with van der Waals surface area (Å²) in [5.41, 5.74) is 0. The first-order chi connectivity index (χ1) is 3.81. The first-order valence-electron chi connectivity index (χ1n) is 2.60. The number of carbonyl (C=O) groups excluding carboxylic acids is 1. The third-order valence-electron chi connectivity index (χ3n) is 0.524. The fraction of sp³-hybridized carbons (Fsp3) is 0.800. The van der Waals surface area contributed by atoms with Crippen LogP contribution in [0.15, 0.2) is 0 Å². The number of rotatable bonds is 2. The minimum atomic E-state index is -0.588. The van der Waals surface area contributed by atoms with Gasteiger partial charge in [0.2, 0.25) is 0 Å². The predicted molar refractivity (Wildman–Crippen MR) is 35.9 cm³/mol. The molecule has 0 rings (SSSR count). The molecule has 0 bridgehead atoms. The van der Waals surface area contributed by atoms with E-state index in [0.717, 1.165) is 0 Å². The molecule has 0 atom stereocenters. The lowest BCUT2D eigenvalue weighted by atomic mass is 10.8. The lowest BCUT2D eigenvalue weighted by Crippen LogP contribution is -2.05. The van der Waals surface area contributed by atoms with Crippen molar-refractivity contribution >= 4 is 18.6 Å². The van der Waals surface area contributed by atoms with Gasteiger partial charge in [-0.05, 0) is 13.8 Å². The smallest absolute Gasteiger partial charge is 0.435 e. The maximum atomic E-state index is 10.2. The van der Waals surface area contributed by atoms with E-state index in [1.54, 1.807) is 13.8 Å². The molecule has 0 radical (unpaired) electrons. The number of hydrogen-bond donors (Lipinski definition) is 0. The third kappa shape index (κ3) is 7.56. The van der Waals surface area contributed by atoms with E-state index in [-0.39, 0.29) is 12.4 Å². The standard InChI is InChI=1S/C5H10O3.ClH/c1-3-7-5(6)8-4-2;/h3-4H2,1-2H3;1H. The zero-order valence-corrected chi connectivity index (χ0v) is 6.36. The number of hydrogen-bond acceptors (Lipinski definition) is 3. The van der Waals surface area contributed by atoms with Gasteiger partial charge in [-0.1, -0.05) is 0 Å². The van der Waals surface area contributed by atoms with Crippen LogP contribution in [0.4, 0.5) is 4.79 Å². The summed E-state index contributed by atoms with van der Waals surface area (Å²) >= 11 is 0. The van der Waals surface area contributed by atoms with E-state index in [9.17, 15) is 4.79 Å². The summed E-state index contributed by atoms with van der Waals surface area (Å²) in [5, 5.41) is 0. The van der Waals surface area contributed by atoms with Gasteiger partial charge in [-0.15, -0.1) is 12.4 Å². The van der Waals surface area contributed by atoms with Crippen molar-refractivity contribution in [2.24, 2.45) is 0 Å². The summed E-state index contributed by atoms with van der Waals surface area (Å²) in [6, 6.07) is 0. The van der Waals surface area contributed by atoms with Gasteiger partial charge in [0, 0.05) is 0 Å². The Balaban J connectivity index is 0. The minimum absolute atomic E-state index is 0. The molecule has 0 spiro atoms. The molecule has 0 unspecified atom stereocenters. The second kappa shape index (κ2) is 7.56. The van der Waals surface area contributed by atoms with Crippen molar-refractivity contribution in [3.05, 3.63) is 0 Å². The molecule has 0 N–H and O–H groups in total. The van der Waals surface area contributed by atoms with Crippen molar-refractivity contribution in [1.82, 2.24) is 0 Å². The highest BCUT2D eigenvalue weighted by Crippen LogP contribution is 1.81. The SMILES string of the molecule is CCOC(=O)OCC.Cl. The molecule has 0 amide bonds. The van der Waals surface area contributed by atoms with Crippen molar-refractivity contribution in [3.63, 3.8) is 0 Å². The molecule has 0 saturated heterocycles. The van der Waals surface area contributed by atoms with Crippen molar-refractivity contribution in [2.75, 3.05) is 13.2 Å².